The summed E-state index contributed by atoms with van der Waals surface area (Å²) in [6.45, 7) is -0.403. The number of nitrogens with two attached hydrogens (primary N) is 1. The molecule has 13 heteroatoms. The number of primary amides is 1. The number of nitrogens with zero attached hydrogens (tertiary/aromatic N) is 6. The monoisotopic (exact) mass is 450 g/mol. The van der Waals surface area contributed by atoms with Crippen molar-refractivity contribution >= 4 is 5.91 Å². The quantitative estimate of drug-likeness (QED) is 0.330. The molecule has 0 saturated heterocycles. The van der Waals surface area contributed by atoms with Gasteiger partial charge in [-0.15, -0.1) is 5.10 Å². The lowest BCUT2D eigenvalue weighted by atomic mass is 10.2. The Morgan fingerprint density at radius 1 is 1.18 bits per heavy atom. The first-order chi connectivity index (χ1) is 16.1. The molecular weight excluding hydrogens is 432 g/mol. The predicted octanol–water partition coefficient (Wildman–Crippen LogP) is 0.990. The van der Waals surface area contributed by atoms with Crippen LogP contribution in [0.15, 0.2) is 42.6 Å². The average Bonchev–Trinajstić information content (AvgIpc) is 3.38. The van der Waals surface area contributed by atoms with Crippen molar-refractivity contribution in [3.63, 3.8) is 0 Å². The lowest BCUT2D eigenvalue weighted by Gasteiger charge is -2.16. The third kappa shape index (κ3) is 4.67. The van der Waals surface area contributed by atoms with E-state index in [1.807, 2.05) is 0 Å². The van der Waals surface area contributed by atoms with Crippen LogP contribution in [0.2, 0.25) is 0 Å². The highest BCUT2D eigenvalue weighted by Crippen LogP contribution is 2.38. The fraction of sp³-hybridized carbons (Fsp3) is 0.150. The molecule has 1 amide bonds. The standard InChI is InChI=1S/C20H18N8O5/c1-31-13-4-2-3-5-14(13)33-16-15(17(21)30)23-18(24-20(16)32-9-8-29)11-6-7-22-12(10-11)19-25-27-28-26-19/h2-7,10,29H,8-9H2,1H3,(H2,21,30)(H,25,26,27,28). The number of rotatable bonds is 9. The number of aliphatic hydroxyl groups excluding tert-OH is 1. The van der Waals surface area contributed by atoms with Crippen molar-refractivity contribution in [2.45, 2.75) is 0 Å². The van der Waals surface area contributed by atoms with E-state index >= 15 is 0 Å². The maximum atomic E-state index is 12.3. The van der Waals surface area contributed by atoms with Crippen LogP contribution in [-0.2, 0) is 0 Å². The number of nitrogens with one attached hydrogen (secondary N) is 1. The number of aromatic amines is 1. The molecule has 3 aromatic heterocycles. The molecule has 0 aliphatic carbocycles. The molecule has 0 atom stereocenters. The molecule has 0 saturated carbocycles. The number of tetrazole rings is 1. The zero-order valence-corrected chi connectivity index (χ0v) is 17.3. The van der Waals surface area contributed by atoms with E-state index in [2.05, 4.69) is 35.6 Å². The number of hydrogen-bond donors (Lipinski definition) is 3. The van der Waals surface area contributed by atoms with Crippen molar-refractivity contribution in [2.24, 2.45) is 5.73 Å². The van der Waals surface area contributed by atoms with Crippen molar-refractivity contribution in [3.8, 4) is 46.0 Å². The van der Waals surface area contributed by atoms with Crippen molar-refractivity contribution < 1.29 is 24.1 Å². The van der Waals surface area contributed by atoms with Gasteiger partial charge >= 0.3 is 0 Å². The number of hydrogen-bond acceptors (Lipinski definition) is 11. The molecular formula is C20H18N8O5. The number of aromatic nitrogens is 7. The minimum absolute atomic E-state index is 0.0894. The van der Waals surface area contributed by atoms with E-state index < -0.39 is 5.91 Å². The zero-order chi connectivity index (χ0) is 23.2. The number of para-hydroxylation sites is 2. The van der Waals surface area contributed by atoms with E-state index in [0.29, 0.717) is 22.8 Å². The average molecular weight is 450 g/mol. The number of ether oxygens (including phenoxy) is 3. The molecule has 33 heavy (non-hydrogen) atoms. The molecule has 1 aromatic carbocycles. The summed E-state index contributed by atoms with van der Waals surface area (Å²) in [6, 6.07) is 10.0. The highest BCUT2D eigenvalue weighted by molar-refractivity contribution is 5.95. The van der Waals surface area contributed by atoms with Crippen LogP contribution in [0, 0.1) is 0 Å². The lowest BCUT2D eigenvalue weighted by molar-refractivity contribution is 0.0991. The van der Waals surface area contributed by atoms with E-state index in [4.69, 9.17) is 19.9 Å². The second-order valence-corrected chi connectivity index (χ2v) is 6.40. The number of carbonyl (C=O) groups excluding carboxylic acids is 1. The van der Waals surface area contributed by atoms with Crippen LogP contribution in [0.1, 0.15) is 10.5 Å². The number of aliphatic hydroxyl groups is 1. The Kier molecular flexibility index (Phi) is 6.31. The van der Waals surface area contributed by atoms with Gasteiger partial charge in [0.15, 0.2) is 28.8 Å². The number of benzene rings is 1. The van der Waals surface area contributed by atoms with Crippen LogP contribution in [0.4, 0.5) is 0 Å². The van der Waals surface area contributed by atoms with Gasteiger partial charge in [-0.2, -0.15) is 4.98 Å². The first-order valence-corrected chi connectivity index (χ1v) is 9.57. The van der Waals surface area contributed by atoms with Crippen LogP contribution in [0.3, 0.4) is 0 Å². The molecule has 0 spiro atoms. The number of H-pyrrole nitrogens is 1. The van der Waals surface area contributed by atoms with Gasteiger partial charge in [0.2, 0.25) is 5.75 Å². The molecule has 13 nitrogen and oxygen atoms in total. The van der Waals surface area contributed by atoms with E-state index in [1.165, 1.54) is 13.3 Å². The van der Waals surface area contributed by atoms with Gasteiger partial charge < -0.3 is 25.1 Å². The summed E-state index contributed by atoms with van der Waals surface area (Å²) < 4.78 is 16.7. The van der Waals surface area contributed by atoms with Crippen molar-refractivity contribution in [2.75, 3.05) is 20.3 Å². The molecule has 3 heterocycles. The SMILES string of the molecule is COc1ccccc1Oc1c(OCCO)nc(-c2ccnc(-c3nnn[nH]3)c2)nc1C(N)=O. The molecule has 0 unspecified atom stereocenters. The third-order valence-corrected chi connectivity index (χ3v) is 4.29. The van der Waals surface area contributed by atoms with Gasteiger partial charge in [-0.05, 0) is 34.7 Å². The topological polar surface area (TPSA) is 184 Å². The van der Waals surface area contributed by atoms with E-state index in [-0.39, 0.29) is 42.1 Å². The smallest absolute Gasteiger partial charge is 0.271 e. The molecule has 4 rings (SSSR count). The number of amides is 1. The van der Waals surface area contributed by atoms with E-state index in [1.54, 1.807) is 36.4 Å². The van der Waals surface area contributed by atoms with Crippen LogP contribution < -0.4 is 19.9 Å². The predicted molar refractivity (Wildman–Crippen MR) is 113 cm³/mol. The molecule has 0 fully saturated rings. The zero-order valence-electron chi connectivity index (χ0n) is 17.3. The van der Waals surface area contributed by atoms with Gasteiger partial charge in [0.1, 0.15) is 12.3 Å². The van der Waals surface area contributed by atoms with Crippen LogP contribution >= 0.6 is 0 Å². The Labute approximate surface area is 186 Å². The molecule has 0 bridgehead atoms. The van der Waals surface area contributed by atoms with Gasteiger partial charge in [0.05, 0.1) is 13.7 Å². The second-order valence-electron chi connectivity index (χ2n) is 6.40. The second kappa shape index (κ2) is 9.65. The largest absolute Gasteiger partial charge is 0.493 e. The van der Waals surface area contributed by atoms with Gasteiger partial charge in [-0.25, -0.2) is 10.1 Å². The van der Waals surface area contributed by atoms with Crippen molar-refractivity contribution in [1.29, 1.82) is 0 Å². The molecule has 0 aliphatic rings. The van der Waals surface area contributed by atoms with Crippen molar-refractivity contribution in [3.05, 3.63) is 48.3 Å². The Hall–Kier alpha value is -4.65. The van der Waals surface area contributed by atoms with Gasteiger partial charge in [0, 0.05) is 11.8 Å². The minimum Gasteiger partial charge on any atom is -0.493 e. The summed E-state index contributed by atoms with van der Waals surface area (Å²) in [7, 11) is 1.48. The highest BCUT2D eigenvalue weighted by Gasteiger charge is 2.24. The maximum absolute atomic E-state index is 12.3. The molecule has 0 aliphatic heterocycles. The Morgan fingerprint density at radius 2 is 2.00 bits per heavy atom. The fourth-order valence-electron chi connectivity index (χ4n) is 2.84. The van der Waals surface area contributed by atoms with Crippen LogP contribution in [-0.4, -0.2) is 66.9 Å². The summed E-state index contributed by atoms with van der Waals surface area (Å²) in [6.07, 6.45) is 1.51. The summed E-state index contributed by atoms with van der Waals surface area (Å²) in [5, 5.41) is 22.7. The van der Waals surface area contributed by atoms with Gasteiger partial charge in [0.25, 0.3) is 11.8 Å². The molecule has 168 valence electrons. The van der Waals surface area contributed by atoms with E-state index in [9.17, 15) is 9.90 Å². The normalized spacial score (nSPS) is 10.6. The van der Waals surface area contributed by atoms with Crippen LogP contribution in [0.25, 0.3) is 22.9 Å². The van der Waals surface area contributed by atoms with Crippen LogP contribution in [0.5, 0.6) is 23.1 Å². The van der Waals surface area contributed by atoms with Crippen molar-refractivity contribution in [1.82, 2.24) is 35.6 Å². The first kappa shape index (κ1) is 21.6. The van der Waals surface area contributed by atoms with Gasteiger partial charge in [-0.1, -0.05) is 12.1 Å². The molecule has 4 aromatic rings. The molecule has 0 radical (unpaired) electrons. The summed E-state index contributed by atoms with van der Waals surface area (Å²) in [5.41, 5.74) is 6.29. The third-order valence-electron chi connectivity index (χ3n) is 4.29. The Bertz CT molecular complexity index is 1270. The number of methoxy groups -OCH3 is 1. The van der Waals surface area contributed by atoms with E-state index in [0.717, 1.165) is 0 Å². The first-order valence-electron chi connectivity index (χ1n) is 9.57. The number of carbonyl (C=O) groups is 1. The summed E-state index contributed by atoms with van der Waals surface area (Å²) >= 11 is 0. The molecule has 4 N–H and O–H groups in total. The minimum atomic E-state index is -0.869. The Balaban J connectivity index is 1.83. The maximum Gasteiger partial charge on any atom is 0.271 e. The summed E-state index contributed by atoms with van der Waals surface area (Å²) in [5.74, 6) is 0.0684. The fourth-order valence-corrected chi connectivity index (χ4v) is 2.84. The summed E-state index contributed by atoms with van der Waals surface area (Å²) in [4.78, 5) is 25.2. The Morgan fingerprint density at radius 3 is 2.70 bits per heavy atom. The highest BCUT2D eigenvalue weighted by atomic mass is 16.5. The number of pyridine rings is 1. The lowest BCUT2D eigenvalue weighted by Crippen LogP contribution is -2.17. The van der Waals surface area contributed by atoms with Gasteiger partial charge in [-0.3, -0.25) is 9.78 Å².